The fourth-order valence-corrected chi connectivity index (χ4v) is 0.687. The molecule has 62 valence electrons. The molecule has 0 radical (unpaired) electrons. The van der Waals surface area contributed by atoms with Gasteiger partial charge >= 0.3 is 0 Å². The third kappa shape index (κ3) is 1.68. The maximum absolute atomic E-state index is 9.48. The van der Waals surface area contributed by atoms with E-state index in [-0.39, 0.29) is 0 Å². The molecule has 0 heterocycles. The van der Waals surface area contributed by atoms with Crippen molar-refractivity contribution in [3.63, 3.8) is 0 Å². The Morgan fingerprint density at radius 1 is 1.20 bits per heavy atom. The molecule has 0 aliphatic rings. The molecule has 10 heavy (non-hydrogen) atoms. The Morgan fingerprint density at radius 3 is 1.70 bits per heavy atom. The molecule has 0 bridgehead atoms. The summed E-state index contributed by atoms with van der Waals surface area (Å²) >= 11 is 0. The van der Waals surface area contributed by atoms with Gasteiger partial charge in [-0.2, -0.15) is 0 Å². The van der Waals surface area contributed by atoms with Crippen LogP contribution < -0.4 is 5.73 Å². The topological polar surface area (TPSA) is 66.5 Å². The summed E-state index contributed by atoms with van der Waals surface area (Å²) in [5.41, 5.74) is 2.77. The number of hydrogen-bond donors (Lipinski definition) is 3. The molecule has 0 aromatic carbocycles. The number of nitrogens with two attached hydrogens (primary N) is 1. The molecule has 0 spiro atoms. The maximum atomic E-state index is 9.48. The van der Waals surface area contributed by atoms with Crippen LogP contribution >= 0.6 is 0 Å². The Bertz CT molecular complexity index is 96.2. The van der Waals surface area contributed by atoms with Gasteiger partial charge in [-0.25, -0.2) is 0 Å². The van der Waals surface area contributed by atoms with Gasteiger partial charge in [0.05, 0.1) is 0 Å². The minimum Gasteiger partial charge on any atom is -0.386 e. The fourth-order valence-electron chi connectivity index (χ4n) is 0.687. The van der Waals surface area contributed by atoms with Crippen LogP contribution in [0, 0.1) is 0 Å². The second-order valence-electron chi connectivity index (χ2n) is 2.91. The Hall–Kier alpha value is -0.120. The first-order valence-corrected chi connectivity index (χ1v) is 3.61. The molecule has 0 aliphatic heterocycles. The van der Waals surface area contributed by atoms with Crippen molar-refractivity contribution in [2.24, 2.45) is 5.73 Å². The number of hydrogen-bond acceptors (Lipinski definition) is 3. The molecule has 4 N–H and O–H groups in total. The zero-order chi connectivity index (χ0) is 8.41. The third-order valence-corrected chi connectivity index (χ3v) is 2.16. The van der Waals surface area contributed by atoms with Crippen molar-refractivity contribution in [1.82, 2.24) is 0 Å². The maximum Gasteiger partial charge on any atom is 0.141 e. The summed E-state index contributed by atoms with van der Waals surface area (Å²) in [6.07, 6.45) is 0.807. The van der Waals surface area contributed by atoms with Gasteiger partial charge in [-0.1, -0.05) is 13.8 Å². The molecule has 2 unspecified atom stereocenters. The first-order valence-electron chi connectivity index (χ1n) is 3.61. The van der Waals surface area contributed by atoms with Gasteiger partial charge in [0.2, 0.25) is 0 Å². The minimum absolute atomic E-state index is 0.355. The van der Waals surface area contributed by atoms with Crippen molar-refractivity contribution in [2.75, 3.05) is 0 Å². The molecule has 0 rings (SSSR count). The second-order valence-corrected chi connectivity index (χ2v) is 2.91. The third-order valence-electron chi connectivity index (χ3n) is 2.16. The van der Waals surface area contributed by atoms with E-state index in [2.05, 4.69) is 0 Å². The number of aliphatic hydroxyl groups is 2. The largest absolute Gasteiger partial charge is 0.386 e. The highest BCUT2D eigenvalue weighted by Crippen LogP contribution is 2.22. The van der Waals surface area contributed by atoms with Gasteiger partial charge in [-0.3, -0.25) is 0 Å². The zero-order valence-corrected chi connectivity index (χ0v) is 6.89. The molecule has 3 heteroatoms. The Balaban J connectivity index is 4.28. The van der Waals surface area contributed by atoms with E-state index >= 15 is 0 Å². The average molecular weight is 147 g/mol. The van der Waals surface area contributed by atoms with Crippen LogP contribution in [0.15, 0.2) is 0 Å². The quantitative estimate of drug-likeness (QED) is 0.500. The van der Waals surface area contributed by atoms with Gasteiger partial charge < -0.3 is 15.9 Å². The molecule has 0 fully saturated rings. The average Bonchev–Trinajstić information content (AvgIpc) is 1.88. The van der Waals surface area contributed by atoms with Crippen LogP contribution in [-0.2, 0) is 0 Å². The molecule has 3 nitrogen and oxygen atoms in total. The van der Waals surface area contributed by atoms with Crippen molar-refractivity contribution in [2.45, 2.75) is 44.9 Å². The van der Waals surface area contributed by atoms with Crippen molar-refractivity contribution >= 4 is 0 Å². The lowest BCUT2D eigenvalue weighted by molar-refractivity contribution is -0.141. The van der Waals surface area contributed by atoms with E-state index in [0.29, 0.717) is 12.8 Å². The number of rotatable bonds is 3. The predicted molar refractivity (Wildman–Crippen MR) is 40.3 cm³/mol. The summed E-state index contributed by atoms with van der Waals surface area (Å²) in [5.74, 6) is 0. The van der Waals surface area contributed by atoms with Crippen molar-refractivity contribution < 1.29 is 10.2 Å². The Kier molecular flexibility index (Phi) is 2.83. The molecule has 0 aromatic rings. The molecule has 0 saturated carbocycles. The van der Waals surface area contributed by atoms with Crippen molar-refractivity contribution in [3.8, 4) is 0 Å². The summed E-state index contributed by atoms with van der Waals surface area (Å²) in [7, 11) is 0. The van der Waals surface area contributed by atoms with Gasteiger partial charge in [0.1, 0.15) is 11.3 Å². The summed E-state index contributed by atoms with van der Waals surface area (Å²) in [6, 6.07) is 0. The lowest BCUT2D eigenvalue weighted by atomic mass is 9.88. The van der Waals surface area contributed by atoms with Crippen LogP contribution in [0.2, 0.25) is 0 Å². The van der Waals surface area contributed by atoms with Gasteiger partial charge in [-0.15, -0.1) is 0 Å². The first kappa shape index (κ1) is 9.88. The standard InChI is InChI=1S/C7H17NO2/c1-4-6(3,9)7(8,10)5-2/h9-10H,4-5,8H2,1-3H3. The van der Waals surface area contributed by atoms with Gasteiger partial charge in [0.15, 0.2) is 0 Å². The highest BCUT2D eigenvalue weighted by Gasteiger charge is 2.39. The molecule has 0 aromatic heterocycles. The van der Waals surface area contributed by atoms with E-state index in [9.17, 15) is 10.2 Å². The smallest absolute Gasteiger partial charge is 0.141 e. The molecule has 0 amide bonds. The minimum atomic E-state index is -1.46. The van der Waals surface area contributed by atoms with Crippen LogP contribution in [0.1, 0.15) is 33.6 Å². The molecule has 0 saturated heterocycles. The summed E-state index contributed by atoms with van der Waals surface area (Å²) < 4.78 is 0. The van der Waals surface area contributed by atoms with E-state index in [4.69, 9.17) is 5.73 Å². The first-order chi connectivity index (χ1) is 4.37. The van der Waals surface area contributed by atoms with E-state index in [1.807, 2.05) is 0 Å². The van der Waals surface area contributed by atoms with Gasteiger partial charge in [0, 0.05) is 0 Å². The summed E-state index contributed by atoms with van der Waals surface area (Å²) in [4.78, 5) is 0. The second kappa shape index (κ2) is 2.86. The van der Waals surface area contributed by atoms with Crippen LogP contribution in [0.3, 0.4) is 0 Å². The van der Waals surface area contributed by atoms with Crippen LogP contribution in [0.5, 0.6) is 0 Å². The van der Waals surface area contributed by atoms with E-state index in [1.165, 1.54) is 6.92 Å². The van der Waals surface area contributed by atoms with Crippen molar-refractivity contribution in [3.05, 3.63) is 0 Å². The molecular formula is C7H17NO2. The van der Waals surface area contributed by atoms with E-state index < -0.39 is 11.3 Å². The Morgan fingerprint density at radius 2 is 1.60 bits per heavy atom. The van der Waals surface area contributed by atoms with Gasteiger partial charge in [0.25, 0.3) is 0 Å². The van der Waals surface area contributed by atoms with E-state index in [0.717, 1.165) is 0 Å². The monoisotopic (exact) mass is 147 g/mol. The lowest BCUT2D eigenvalue weighted by Gasteiger charge is -2.36. The van der Waals surface area contributed by atoms with Crippen LogP contribution in [0.25, 0.3) is 0 Å². The zero-order valence-electron chi connectivity index (χ0n) is 6.89. The molecular weight excluding hydrogens is 130 g/mol. The SMILES string of the molecule is CCC(C)(O)C(N)(O)CC. The fraction of sp³-hybridized carbons (Fsp3) is 1.00. The molecule has 2 atom stereocenters. The highest BCUT2D eigenvalue weighted by molar-refractivity contribution is 4.89. The highest BCUT2D eigenvalue weighted by atomic mass is 16.4. The predicted octanol–water partition coefficient (Wildman–Crippen LogP) is 0.205. The summed E-state index contributed by atoms with van der Waals surface area (Å²) in [5, 5.41) is 18.9. The van der Waals surface area contributed by atoms with Crippen LogP contribution in [0.4, 0.5) is 0 Å². The van der Waals surface area contributed by atoms with Crippen molar-refractivity contribution in [1.29, 1.82) is 0 Å². The van der Waals surface area contributed by atoms with Crippen LogP contribution in [-0.4, -0.2) is 21.5 Å². The molecule has 0 aliphatic carbocycles. The van der Waals surface area contributed by atoms with E-state index in [1.54, 1.807) is 13.8 Å². The normalized spacial score (nSPS) is 23.4. The van der Waals surface area contributed by atoms with Gasteiger partial charge in [-0.05, 0) is 19.8 Å². The lowest BCUT2D eigenvalue weighted by Crippen LogP contribution is -2.58. The summed E-state index contributed by atoms with van der Waals surface area (Å²) in [6.45, 7) is 5.06. The Labute approximate surface area is 61.9 Å².